The Morgan fingerprint density at radius 3 is 2.58 bits per heavy atom. The third-order valence-corrected chi connectivity index (χ3v) is 7.11. The molecule has 172 valence electrons. The van der Waals surface area contributed by atoms with E-state index in [1.165, 1.54) is 55.9 Å². The van der Waals surface area contributed by atoms with Gasteiger partial charge in [0, 0.05) is 16.5 Å². The van der Waals surface area contributed by atoms with Gasteiger partial charge in [0.25, 0.3) is 21.6 Å². The number of carbonyl (C=O) groups is 1. The Kier molecular flexibility index (Phi) is 7.41. The molecule has 0 bridgehead atoms. The highest BCUT2D eigenvalue weighted by Gasteiger charge is 2.29. The standard InChI is InChI=1S/C21H20N4O6S2/c1-15-5-10-19(12-20(15)25(27)28)33(29,30)24(16-6-8-17(31-2)9-7-16)14-21(26)23-22-13-18-4-3-11-32-18/h3-13H,14H2,1-2H3,(H,23,26)/b22-13-. The molecule has 0 saturated carbocycles. The van der Waals surface area contributed by atoms with Crippen molar-refractivity contribution < 1.29 is 22.9 Å². The van der Waals surface area contributed by atoms with E-state index >= 15 is 0 Å². The van der Waals surface area contributed by atoms with Crippen LogP contribution >= 0.6 is 11.3 Å². The van der Waals surface area contributed by atoms with E-state index in [1.807, 2.05) is 11.4 Å². The number of methoxy groups -OCH3 is 1. The van der Waals surface area contributed by atoms with Crippen molar-refractivity contribution in [3.8, 4) is 5.75 Å². The molecule has 0 spiro atoms. The third kappa shape index (κ3) is 5.73. The van der Waals surface area contributed by atoms with E-state index in [2.05, 4.69) is 10.5 Å². The molecule has 1 N–H and O–H groups in total. The molecular weight excluding hydrogens is 468 g/mol. The van der Waals surface area contributed by atoms with Crippen LogP contribution in [0.5, 0.6) is 5.75 Å². The fourth-order valence-corrected chi connectivity index (χ4v) is 4.86. The number of hydrogen-bond acceptors (Lipinski definition) is 8. The first-order valence-corrected chi connectivity index (χ1v) is 11.8. The number of nitro groups is 1. The number of sulfonamides is 1. The average molecular weight is 489 g/mol. The molecule has 0 unspecified atom stereocenters. The number of nitrogens with one attached hydrogen (secondary N) is 1. The maximum absolute atomic E-state index is 13.4. The summed E-state index contributed by atoms with van der Waals surface area (Å²) in [5, 5.41) is 17.0. The molecule has 0 aliphatic rings. The van der Waals surface area contributed by atoms with Crippen LogP contribution in [0.3, 0.4) is 0 Å². The topological polar surface area (TPSA) is 131 Å². The quantitative estimate of drug-likeness (QED) is 0.279. The minimum absolute atomic E-state index is 0.177. The van der Waals surface area contributed by atoms with Crippen molar-refractivity contribution in [1.82, 2.24) is 5.43 Å². The van der Waals surface area contributed by atoms with Crippen LogP contribution in [-0.4, -0.2) is 39.1 Å². The fraction of sp³-hybridized carbons (Fsp3) is 0.143. The lowest BCUT2D eigenvalue weighted by molar-refractivity contribution is -0.385. The molecule has 3 aromatic rings. The number of aryl methyl sites for hydroxylation is 1. The monoisotopic (exact) mass is 488 g/mol. The van der Waals surface area contributed by atoms with E-state index < -0.39 is 27.4 Å². The average Bonchev–Trinajstić information content (AvgIpc) is 3.31. The Morgan fingerprint density at radius 2 is 1.97 bits per heavy atom. The van der Waals surface area contributed by atoms with E-state index in [9.17, 15) is 23.3 Å². The second kappa shape index (κ2) is 10.2. The summed E-state index contributed by atoms with van der Waals surface area (Å²) >= 11 is 1.42. The van der Waals surface area contributed by atoms with Gasteiger partial charge < -0.3 is 4.74 Å². The van der Waals surface area contributed by atoms with E-state index in [0.717, 1.165) is 15.2 Å². The van der Waals surface area contributed by atoms with Gasteiger partial charge >= 0.3 is 0 Å². The largest absolute Gasteiger partial charge is 0.497 e. The van der Waals surface area contributed by atoms with Gasteiger partial charge in [-0.1, -0.05) is 12.1 Å². The number of carbonyl (C=O) groups excluding carboxylic acids is 1. The number of nitrogens with zero attached hydrogens (tertiary/aromatic N) is 3. The Morgan fingerprint density at radius 1 is 1.24 bits per heavy atom. The lowest BCUT2D eigenvalue weighted by Crippen LogP contribution is -2.39. The zero-order valence-corrected chi connectivity index (χ0v) is 19.3. The molecule has 0 atom stereocenters. The second-order valence-electron chi connectivity index (χ2n) is 6.72. The van der Waals surface area contributed by atoms with Gasteiger partial charge in [0.15, 0.2) is 0 Å². The fourth-order valence-electron chi connectivity index (χ4n) is 2.84. The van der Waals surface area contributed by atoms with Crippen LogP contribution in [0.15, 0.2) is 70.0 Å². The van der Waals surface area contributed by atoms with E-state index in [-0.39, 0.29) is 16.3 Å². The lowest BCUT2D eigenvalue weighted by Gasteiger charge is -2.24. The van der Waals surface area contributed by atoms with Crippen molar-refractivity contribution >= 4 is 44.9 Å². The third-order valence-electron chi connectivity index (χ3n) is 4.54. The summed E-state index contributed by atoms with van der Waals surface area (Å²) in [4.78, 5) is 23.7. The van der Waals surface area contributed by atoms with Crippen LogP contribution in [0.1, 0.15) is 10.4 Å². The first-order valence-electron chi connectivity index (χ1n) is 9.49. The van der Waals surface area contributed by atoms with Gasteiger partial charge in [-0.25, -0.2) is 13.8 Å². The van der Waals surface area contributed by atoms with Crippen LogP contribution in [0, 0.1) is 17.0 Å². The molecule has 0 fully saturated rings. The van der Waals surface area contributed by atoms with E-state index in [0.29, 0.717) is 11.3 Å². The van der Waals surface area contributed by atoms with E-state index in [4.69, 9.17) is 4.74 Å². The SMILES string of the molecule is COc1ccc(N(CC(=O)N/N=C\c2cccs2)S(=O)(=O)c2ccc(C)c([N+](=O)[O-])c2)cc1. The minimum atomic E-state index is -4.33. The highest BCUT2D eigenvalue weighted by Crippen LogP contribution is 2.29. The van der Waals surface area contributed by atoms with Gasteiger partial charge in [-0.2, -0.15) is 5.10 Å². The van der Waals surface area contributed by atoms with Gasteiger partial charge in [-0.15, -0.1) is 11.3 Å². The highest BCUT2D eigenvalue weighted by molar-refractivity contribution is 7.92. The molecule has 3 rings (SSSR count). The van der Waals surface area contributed by atoms with Crippen molar-refractivity contribution in [2.45, 2.75) is 11.8 Å². The summed E-state index contributed by atoms with van der Waals surface area (Å²) in [6, 6.07) is 13.3. The van der Waals surface area contributed by atoms with Crippen molar-refractivity contribution in [3.63, 3.8) is 0 Å². The number of benzene rings is 2. The number of ether oxygens (including phenoxy) is 1. The lowest BCUT2D eigenvalue weighted by atomic mass is 10.2. The van der Waals surface area contributed by atoms with Crippen molar-refractivity contribution in [3.05, 3.63) is 80.5 Å². The summed E-state index contributed by atoms with van der Waals surface area (Å²) < 4.78 is 32.8. The first kappa shape index (κ1) is 23.9. The van der Waals surface area contributed by atoms with Crippen LogP contribution in [-0.2, 0) is 14.8 Å². The number of hydrogen-bond donors (Lipinski definition) is 1. The van der Waals surface area contributed by atoms with Crippen LogP contribution in [0.2, 0.25) is 0 Å². The summed E-state index contributed by atoms with van der Waals surface area (Å²) in [7, 11) is -2.87. The minimum Gasteiger partial charge on any atom is -0.497 e. The smallest absolute Gasteiger partial charge is 0.273 e. The number of rotatable bonds is 9. The molecule has 1 amide bonds. The molecule has 0 aliphatic heterocycles. The van der Waals surface area contributed by atoms with Crippen molar-refractivity contribution in [2.24, 2.45) is 5.10 Å². The predicted molar refractivity (Wildman–Crippen MR) is 125 cm³/mol. The summed E-state index contributed by atoms with van der Waals surface area (Å²) in [5.41, 5.74) is 2.46. The molecule has 10 nitrogen and oxygen atoms in total. The maximum atomic E-state index is 13.4. The van der Waals surface area contributed by atoms with Crippen molar-refractivity contribution in [1.29, 1.82) is 0 Å². The van der Waals surface area contributed by atoms with Crippen LogP contribution < -0.4 is 14.5 Å². The number of anilines is 1. The number of nitro benzene ring substituents is 1. The number of amides is 1. The van der Waals surface area contributed by atoms with Gasteiger partial charge in [0.2, 0.25) is 0 Å². The predicted octanol–water partition coefficient (Wildman–Crippen LogP) is 3.32. The Hall–Kier alpha value is -3.77. The van der Waals surface area contributed by atoms with Gasteiger partial charge in [-0.05, 0) is 48.7 Å². The molecule has 0 radical (unpaired) electrons. The Balaban J connectivity index is 1.94. The number of thiophene rings is 1. The molecular formula is C21H20N4O6S2. The summed E-state index contributed by atoms with van der Waals surface area (Å²) in [5.74, 6) is -0.198. The Bertz CT molecular complexity index is 1270. The molecule has 33 heavy (non-hydrogen) atoms. The highest BCUT2D eigenvalue weighted by atomic mass is 32.2. The van der Waals surface area contributed by atoms with Crippen LogP contribution in [0.25, 0.3) is 0 Å². The molecule has 0 saturated heterocycles. The van der Waals surface area contributed by atoms with Gasteiger partial charge in [-0.3, -0.25) is 19.2 Å². The maximum Gasteiger partial charge on any atom is 0.273 e. The second-order valence-corrected chi connectivity index (χ2v) is 9.57. The molecule has 1 aromatic heterocycles. The van der Waals surface area contributed by atoms with E-state index in [1.54, 1.807) is 18.2 Å². The molecule has 12 heteroatoms. The Labute approximate surface area is 194 Å². The van der Waals surface area contributed by atoms with Gasteiger partial charge in [0.05, 0.1) is 28.8 Å². The molecule has 2 aromatic carbocycles. The summed E-state index contributed by atoms with van der Waals surface area (Å²) in [6.45, 7) is 0.910. The zero-order valence-electron chi connectivity index (χ0n) is 17.7. The number of hydrazone groups is 1. The molecule has 1 heterocycles. The zero-order chi connectivity index (χ0) is 24.0. The first-order chi connectivity index (χ1) is 15.7. The molecule has 0 aliphatic carbocycles. The van der Waals surface area contributed by atoms with Crippen LogP contribution in [0.4, 0.5) is 11.4 Å². The van der Waals surface area contributed by atoms with Gasteiger partial charge in [0.1, 0.15) is 12.3 Å². The normalized spacial score (nSPS) is 11.3. The summed E-state index contributed by atoms with van der Waals surface area (Å²) in [6.07, 6.45) is 1.44. The van der Waals surface area contributed by atoms with Crippen molar-refractivity contribution in [2.75, 3.05) is 18.0 Å².